The first-order valence-electron chi connectivity index (χ1n) is 7.88. The average molecular weight is 334 g/mol. The van der Waals surface area contributed by atoms with Gasteiger partial charge in [0.2, 0.25) is 5.79 Å². The van der Waals surface area contributed by atoms with Crippen molar-refractivity contribution in [3.8, 4) is 11.5 Å². The highest BCUT2D eigenvalue weighted by molar-refractivity contribution is 6.03. The largest absolute Gasteiger partial charge is 0.507 e. The molecule has 0 amide bonds. The molecule has 1 aromatic rings. The molecule has 0 atom stereocenters. The van der Waals surface area contributed by atoms with Crippen LogP contribution in [0.3, 0.4) is 0 Å². The Kier molecular flexibility index (Phi) is 4.87. The van der Waals surface area contributed by atoms with Crippen LogP contribution in [0.1, 0.15) is 59.5 Å². The summed E-state index contributed by atoms with van der Waals surface area (Å²) in [5.74, 6) is -2.44. The molecule has 1 aliphatic heterocycles. The van der Waals surface area contributed by atoms with E-state index in [9.17, 15) is 14.7 Å². The Morgan fingerprint density at radius 2 is 1.96 bits per heavy atom. The minimum Gasteiger partial charge on any atom is -0.507 e. The number of hydrogen-bond acceptors (Lipinski definition) is 6. The molecule has 130 valence electrons. The number of fused-ring (bicyclic) bond motifs is 1. The highest BCUT2D eigenvalue weighted by Crippen LogP contribution is 2.44. The lowest BCUT2D eigenvalue weighted by molar-refractivity contribution is -0.128. The molecule has 0 saturated carbocycles. The van der Waals surface area contributed by atoms with Crippen LogP contribution in [0.15, 0.2) is 12.7 Å². The van der Waals surface area contributed by atoms with Crippen molar-refractivity contribution in [1.82, 2.24) is 0 Å². The first kappa shape index (κ1) is 17.8. The van der Waals surface area contributed by atoms with Crippen LogP contribution < -0.4 is 4.74 Å². The minimum absolute atomic E-state index is 0.0183. The molecule has 0 unspecified atom stereocenters. The lowest BCUT2D eigenvalue weighted by Gasteiger charge is -2.34. The molecule has 0 radical (unpaired) electrons. The van der Waals surface area contributed by atoms with Gasteiger partial charge in [-0.05, 0) is 25.3 Å². The number of carbonyl (C=O) groups is 2. The molecular formula is C18H22O6. The third kappa shape index (κ3) is 2.96. The van der Waals surface area contributed by atoms with Gasteiger partial charge in [0.25, 0.3) is 0 Å². The van der Waals surface area contributed by atoms with Gasteiger partial charge in [0, 0.05) is 19.4 Å². The van der Waals surface area contributed by atoms with Gasteiger partial charge in [-0.1, -0.05) is 13.0 Å². The fraction of sp³-hybridized carbons (Fsp3) is 0.444. The maximum atomic E-state index is 12.5. The number of benzene rings is 1. The van der Waals surface area contributed by atoms with Gasteiger partial charge in [-0.15, -0.1) is 6.58 Å². The third-order valence-corrected chi connectivity index (χ3v) is 3.70. The van der Waals surface area contributed by atoms with Gasteiger partial charge in [-0.2, -0.15) is 0 Å². The zero-order chi connectivity index (χ0) is 18.1. The van der Waals surface area contributed by atoms with Crippen molar-refractivity contribution >= 4 is 11.9 Å². The molecule has 6 heteroatoms. The number of aromatic hydroxyl groups is 1. The number of esters is 2. The molecule has 6 nitrogen and oxygen atoms in total. The highest BCUT2D eigenvalue weighted by atomic mass is 16.7. The Hall–Kier alpha value is -2.50. The number of ether oxygens (including phenoxy) is 3. The maximum Gasteiger partial charge on any atom is 0.345 e. The van der Waals surface area contributed by atoms with Gasteiger partial charge >= 0.3 is 11.9 Å². The summed E-state index contributed by atoms with van der Waals surface area (Å²) >= 11 is 0. The molecule has 1 heterocycles. The molecule has 24 heavy (non-hydrogen) atoms. The number of carbonyl (C=O) groups excluding carboxylic acids is 2. The van der Waals surface area contributed by atoms with Gasteiger partial charge < -0.3 is 19.3 Å². The number of phenols is 1. The van der Waals surface area contributed by atoms with Crippen molar-refractivity contribution in [2.24, 2.45) is 0 Å². The van der Waals surface area contributed by atoms with E-state index in [1.165, 1.54) is 0 Å². The van der Waals surface area contributed by atoms with Gasteiger partial charge in [0.15, 0.2) is 0 Å². The fourth-order valence-electron chi connectivity index (χ4n) is 2.79. The van der Waals surface area contributed by atoms with Crippen LogP contribution in [-0.4, -0.2) is 29.4 Å². The van der Waals surface area contributed by atoms with Crippen LogP contribution in [0.4, 0.5) is 0 Å². The molecule has 0 aliphatic carbocycles. The number of hydrogen-bond donors (Lipinski definition) is 1. The van der Waals surface area contributed by atoms with Crippen molar-refractivity contribution in [1.29, 1.82) is 0 Å². The Morgan fingerprint density at radius 1 is 1.29 bits per heavy atom. The van der Waals surface area contributed by atoms with E-state index in [4.69, 9.17) is 14.2 Å². The minimum atomic E-state index is -1.16. The van der Waals surface area contributed by atoms with E-state index in [2.05, 4.69) is 6.58 Å². The van der Waals surface area contributed by atoms with E-state index in [0.717, 1.165) is 0 Å². The molecule has 0 fully saturated rings. The number of cyclic esters (lactones) is 1. The second kappa shape index (κ2) is 6.55. The van der Waals surface area contributed by atoms with Gasteiger partial charge in [-0.25, -0.2) is 9.59 Å². The zero-order valence-electron chi connectivity index (χ0n) is 14.4. The molecule has 1 aliphatic rings. The summed E-state index contributed by atoms with van der Waals surface area (Å²) in [5, 5.41) is 10.7. The lowest BCUT2D eigenvalue weighted by Crippen LogP contribution is -2.40. The first-order chi connectivity index (χ1) is 11.3. The maximum absolute atomic E-state index is 12.5. The number of allylic oxidation sites excluding steroid dienone is 1. The molecular weight excluding hydrogens is 312 g/mol. The molecule has 0 spiro atoms. The van der Waals surface area contributed by atoms with E-state index in [1.807, 2.05) is 0 Å². The predicted molar refractivity (Wildman–Crippen MR) is 87.5 cm³/mol. The SMILES string of the molecule is C=CCc1c(O)c(C(=O)OCC)c(CC)c2c1OC(C)(C)OC2=O. The van der Waals surface area contributed by atoms with Crippen molar-refractivity contribution in [2.45, 2.75) is 46.3 Å². The van der Waals surface area contributed by atoms with Crippen molar-refractivity contribution in [3.63, 3.8) is 0 Å². The van der Waals surface area contributed by atoms with Crippen LogP contribution in [0.5, 0.6) is 11.5 Å². The smallest absolute Gasteiger partial charge is 0.345 e. The second-order valence-electron chi connectivity index (χ2n) is 5.84. The van der Waals surface area contributed by atoms with Gasteiger partial charge in [0.1, 0.15) is 22.6 Å². The predicted octanol–water partition coefficient (Wildman–Crippen LogP) is 3.15. The summed E-state index contributed by atoms with van der Waals surface area (Å²) in [4.78, 5) is 24.8. The number of phenolic OH excluding ortho intramolecular Hbond substituents is 1. The Bertz CT molecular complexity index is 702. The summed E-state index contributed by atoms with van der Waals surface area (Å²) in [6, 6.07) is 0. The standard InChI is InChI=1S/C18H22O6/c1-6-9-11-14(19)12(16(20)22-8-3)10(7-2)13-15(11)23-18(4,5)24-17(13)21/h6,19H,1,7-9H2,2-5H3. The van der Waals surface area contributed by atoms with Gasteiger partial charge in [-0.3, -0.25) is 0 Å². The summed E-state index contributed by atoms with van der Waals surface area (Å²) in [6.45, 7) is 10.5. The molecule has 1 aromatic carbocycles. The quantitative estimate of drug-likeness (QED) is 0.658. The third-order valence-electron chi connectivity index (χ3n) is 3.70. The molecule has 2 rings (SSSR count). The van der Waals surface area contributed by atoms with Crippen LogP contribution in [0.25, 0.3) is 0 Å². The lowest BCUT2D eigenvalue weighted by atomic mass is 9.91. The normalized spacial score (nSPS) is 15.1. The summed E-state index contributed by atoms with van der Waals surface area (Å²) in [7, 11) is 0. The van der Waals surface area contributed by atoms with Crippen LogP contribution in [-0.2, 0) is 22.3 Å². The first-order valence-corrected chi connectivity index (χ1v) is 7.88. The zero-order valence-corrected chi connectivity index (χ0v) is 14.4. The number of rotatable bonds is 5. The molecule has 0 saturated heterocycles. The molecule has 0 aromatic heterocycles. The summed E-state index contributed by atoms with van der Waals surface area (Å²) in [5.41, 5.74) is 0.823. The Labute approximate surface area is 141 Å². The topological polar surface area (TPSA) is 82.1 Å². The second-order valence-corrected chi connectivity index (χ2v) is 5.84. The van der Waals surface area contributed by atoms with E-state index < -0.39 is 17.7 Å². The average Bonchev–Trinajstić information content (AvgIpc) is 2.48. The molecule has 0 bridgehead atoms. The van der Waals surface area contributed by atoms with Crippen LogP contribution in [0, 0.1) is 0 Å². The Morgan fingerprint density at radius 3 is 2.50 bits per heavy atom. The van der Waals surface area contributed by atoms with Crippen molar-refractivity contribution in [2.75, 3.05) is 6.61 Å². The van der Waals surface area contributed by atoms with Crippen LogP contribution >= 0.6 is 0 Å². The van der Waals surface area contributed by atoms with Crippen LogP contribution in [0.2, 0.25) is 0 Å². The van der Waals surface area contributed by atoms with E-state index in [0.29, 0.717) is 17.5 Å². The van der Waals surface area contributed by atoms with E-state index in [-0.39, 0.29) is 35.7 Å². The monoisotopic (exact) mass is 334 g/mol. The summed E-state index contributed by atoms with van der Waals surface area (Å²) < 4.78 is 16.1. The Balaban J connectivity index is 2.84. The van der Waals surface area contributed by atoms with Crippen molar-refractivity contribution in [3.05, 3.63) is 34.9 Å². The van der Waals surface area contributed by atoms with E-state index >= 15 is 0 Å². The fourth-order valence-corrected chi connectivity index (χ4v) is 2.79. The van der Waals surface area contributed by atoms with Crippen molar-refractivity contribution < 1.29 is 28.9 Å². The summed E-state index contributed by atoms with van der Waals surface area (Å²) in [6.07, 6.45) is 2.12. The van der Waals surface area contributed by atoms with E-state index in [1.54, 1.807) is 33.8 Å². The highest BCUT2D eigenvalue weighted by Gasteiger charge is 2.40. The molecule has 1 N–H and O–H groups in total. The van der Waals surface area contributed by atoms with Gasteiger partial charge in [0.05, 0.1) is 6.61 Å².